The Labute approximate surface area is 191 Å². The van der Waals surface area contributed by atoms with Gasteiger partial charge in [-0.15, -0.1) is 5.10 Å². The van der Waals surface area contributed by atoms with Gasteiger partial charge in [0.2, 0.25) is 5.89 Å². The molecule has 11 heteroatoms. The van der Waals surface area contributed by atoms with Crippen LogP contribution in [0.1, 0.15) is 49.9 Å². The quantitative estimate of drug-likeness (QED) is 0.540. The number of aryl methyl sites for hydroxylation is 3. The van der Waals surface area contributed by atoms with E-state index in [0.29, 0.717) is 54.8 Å². The van der Waals surface area contributed by atoms with E-state index in [2.05, 4.69) is 20.5 Å². The number of aliphatic carboxylic acids is 1. The smallest absolute Gasteiger partial charge is 0.306 e. The number of carbonyl (C=O) groups is 1. The lowest BCUT2D eigenvalue weighted by Crippen LogP contribution is -2.29. The number of carboxylic acid groups (broad SMARTS) is 1. The van der Waals surface area contributed by atoms with Crippen molar-refractivity contribution in [1.29, 1.82) is 0 Å². The van der Waals surface area contributed by atoms with E-state index >= 15 is 0 Å². The molecular weight excluding hydrogens is 426 g/mol. The lowest BCUT2D eigenvalue weighted by Gasteiger charge is -2.27. The summed E-state index contributed by atoms with van der Waals surface area (Å²) in [7, 11) is 3.71. The fraction of sp³-hybridized carbons (Fsp3) is 0.545. The summed E-state index contributed by atoms with van der Waals surface area (Å²) in [5.74, 6) is 0.652. The number of hydrogen-bond donors (Lipinski definition) is 1. The fourth-order valence-electron chi connectivity index (χ4n) is 4.05. The molecule has 4 rings (SSSR count). The van der Waals surface area contributed by atoms with Crippen LogP contribution in [0.2, 0.25) is 0 Å². The van der Waals surface area contributed by atoms with Crippen LogP contribution >= 0.6 is 0 Å². The largest absolute Gasteiger partial charge is 0.489 e. The Bertz CT molecular complexity index is 1130. The first-order valence-corrected chi connectivity index (χ1v) is 11.2. The van der Waals surface area contributed by atoms with Gasteiger partial charge in [0.25, 0.3) is 5.95 Å². The SMILES string of the molecule is CCc1nc(N(C)Cc2c(-c3ccc(O[C@H]4CCC[C@H](C(=O)O)C4)c(C)n3)nnn2C)no1. The summed E-state index contributed by atoms with van der Waals surface area (Å²) >= 11 is 0. The van der Waals surface area contributed by atoms with Gasteiger partial charge in [0.1, 0.15) is 11.4 Å². The Morgan fingerprint density at radius 3 is 2.85 bits per heavy atom. The third-order valence-electron chi connectivity index (χ3n) is 5.98. The maximum absolute atomic E-state index is 11.3. The number of pyridine rings is 1. The molecule has 0 saturated heterocycles. The molecule has 2 atom stereocenters. The van der Waals surface area contributed by atoms with Crippen LogP contribution in [0, 0.1) is 12.8 Å². The number of anilines is 1. The van der Waals surface area contributed by atoms with Crippen molar-refractivity contribution in [2.24, 2.45) is 13.0 Å². The fourth-order valence-corrected chi connectivity index (χ4v) is 4.05. The zero-order valence-corrected chi connectivity index (χ0v) is 19.4. The summed E-state index contributed by atoms with van der Waals surface area (Å²) in [6, 6.07) is 3.73. The number of nitrogens with zero attached hydrogens (tertiary/aromatic N) is 7. The van der Waals surface area contributed by atoms with Crippen LogP contribution in [0.15, 0.2) is 16.7 Å². The molecular formula is C22H29N7O4. The molecule has 1 fully saturated rings. The van der Waals surface area contributed by atoms with E-state index in [-0.39, 0.29) is 12.0 Å². The molecule has 3 aromatic heterocycles. The van der Waals surface area contributed by atoms with Crippen LogP contribution in [-0.4, -0.2) is 54.3 Å². The van der Waals surface area contributed by atoms with Gasteiger partial charge >= 0.3 is 5.97 Å². The van der Waals surface area contributed by atoms with Crippen molar-refractivity contribution in [2.75, 3.05) is 11.9 Å². The Kier molecular flexibility index (Phi) is 6.57. The summed E-state index contributed by atoms with van der Waals surface area (Å²) in [6.07, 6.45) is 3.49. The minimum atomic E-state index is -0.750. The van der Waals surface area contributed by atoms with Gasteiger partial charge in [-0.25, -0.2) is 9.67 Å². The van der Waals surface area contributed by atoms with Gasteiger partial charge in [-0.3, -0.25) is 4.79 Å². The molecule has 0 radical (unpaired) electrons. The molecule has 1 saturated carbocycles. The summed E-state index contributed by atoms with van der Waals surface area (Å²) in [4.78, 5) is 22.3. The molecule has 1 aliphatic carbocycles. The van der Waals surface area contributed by atoms with E-state index in [9.17, 15) is 9.90 Å². The van der Waals surface area contributed by atoms with Crippen molar-refractivity contribution in [3.63, 3.8) is 0 Å². The molecule has 0 unspecified atom stereocenters. The Morgan fingerprint density at radius 1 is 1.33 bits per heavy atom. The van der Waals surface area contributed by atoms with Gasteiger partial charge in [0.15, 0.2) is 0 Å². The third kappa shape index (κ3) is 4.96. The first-order chi connectivity index (χ1) is 15.9. The zero-order chi connectivity index (χ0) is 23.5. The van der Waals surface area contributed by atoms with Gasteiger partial charge < -0.3 is 19.3 Å². The number of hydrogen-bond acceptors (Lipinski definition) is 9. The molecule has 3 aromatic rings. The van der Waals surface area contributed by atoms with Crippen LogP contribution in [0.5, 0.6) is 5.75 Å². The molecule has 1 aliphatic rings. The number of carboxylic acids is 1. The van der Waals surface area contributed by atoms with E-state index in [0.717, 1.165) is 24.2 Å². The summed E-state index contributed by atoms with van der Waals surface area (Å²) < 4.78 is 13.0. The predicted molar refractivity (Wildman–Crippen MR) is 119 cm³/mol. The second-order valence-electron chi connectivity index (χ2n) is 8.43. The zero-order valence-electron chi connectivity index (χ0n) is 19.4. The van der Waals surface area contributed by atoms with Crippen LogP contribution in [0.4, 0.5) is 5.95 Å². The third-order valence-corrected chi connectivity index (χ3v) is 5.98. The average Bonchev–Trinajstić information content (AvgIpc) is 3.43. The van der Waals surface area contributed by atoms with Gasteiger partial charge in [0, 0.05) is 20.5 Å². The van der Waals surface area contributed by atoms with E-state index in [4.69, 9.17) is 14.2 Å². The van der Waals surface area contributed by atoms with Gasteiger partial charge in [0.05, 0.1) is 35.6 Å². The summed E-state index contributed by atoms with van der Waals surface area (Å²) in [6.45, 7) is 4.31. The van der Waals surface area contributed by atoms with Crippen LogP contribution in [0.3, 0.4) is 0 Å². The number of aromatic nitrogens is 6. The molecule has 0 aromatic carbocycles. The van der Waals surface area contributed by atoms with Gasteiger partial charge in [-0.1, -0.05) is 12.1 Å². The monoisotopic (exact) mass is 455 g/mol. The second kappa shape index (κ2) is 9.55. The Balaban J connectivity index is 1.51. The van der Waals surface area contributed by atoms with E-state index in [1.54, 1.807) is 4.68 Å². The first-order valence-electron chi connectivity index (χ1n) is 11.2. The van der Waals surface area contributed by atoms with E-state index < -0.39 is 5.97 Å². The highest BCUT2D eigenvalue weighted by molar-refractivity contribution is 5.70. The highest BCUT2D eigenvalue weighted by Gasteiger charge is 2.28. The standard InChI is InChI=1S/C22H29N7O4/c1-5-19-24-22(26-33-19)28(3)12-17-20(25-27-29(17)4)16-9-10-18(13(2)23-16)32-15-8-6-7-14(11-15)21(30)31/h9-10,14-15H,5-8,11-12H2,1-4H3,(H,30,31)/t14-,15-/m0/s1. The summed E-state index contributed by atoms with van der Waals surface area (Å²) in [5.41, 5.74) is 2.94. The molecule has 3 heterocycles. The minimum absolute atomic E-state index is 0.116. The molecule has 1 N–H and O–H groups in total. The Hall–Kier alpha value is -3.50. The highest BCUT2D eigenvalue weighted by Crippen LogP contribution is 2.30. The second-order valence-corrected chi connectivity index (χ2v) is 8.43. The lowest BCUT2D eigenvalue weighted by molar-refractivity contribution is -0.143. The van der Waals surface area contributed by atoms with Crippen molar-refractivity contribution >= 4 is 11.9 Å². The van der Waals surface area contributed by atoms with Crippen LogP contribution < -0.4 is 9.64 Å². The maximum Gasteiger partial charge on any atom is 0.306 e. The van der Waals surface area contributed by atoms with Crippen molar-refractivity contribution in [3.8, 4) is 17.1 Å². The molecule has 176 valence electrons. The normalized spacial score (nSPS) is 18.3. The van der Waals surface area contributed by atoms with Crippen LogP contribution in [-0.2, 0) is 24.8 Å². The topological polar surface area (TPSA) is 132 Å². The van der Waals surface area contributed by atoms with E-state index in [1.165, 1.54) is 0 Å². The highest BCUT2D eigenvalue weighted by atomic mass is 16.5. The molecule has 33 heavy (non-hydrogen) atoms. The predicted octanol–water partition coefficient (Wildman–Crippen LogP) is 2.79. The first kappa shape index (κ1) is 22.7. The van der Waals surface area contributed by atoms with Crippen molar-refractivity contribution in [2.45, 2.75) is 58.6 Å². The number of rotatable bonds is 8. The lowest BCUT2D eigenvalue weighted by atomic mass is 9.87. The molecule has 0 amide bonds. The maximum atomic E-state index is 11.3. The Morgan fingerprint density at radius 2 is 2.15 bits per heavy atom. The minimum Gasteiger partial charge on any atom is -0.489 e. The van der Waals surface area contributed by atoms with Crippen molar-refractivity contribution < 1.29 is 19.2 Å². The molecule has 11 nitrogen and oxygen atoms in total. The molecule has 0 bridgehead atoms. The summed E-state index contributed by atoms with van der Waals surface area (Å²) in [5, 5.41) is 21.8. The van der Waals surface area contributed by atoms with Gasteiger partial charge in [-0.05, 0) is 49.9 Å². The molecule has 0 spiro atoms. The van der Waals surface area contributed by atoms with Gasteiger partial charge in [-0.2, -0.15) is 4.98 Å². The number of ether oxygens (including phenoxy) is 1. The van der Waals surface area contributed by atoms with Crippen molar-refractivity contribution in [1.82, 2.24) is 30.1 Å². The molecule has 0 aliphatic heterocycles. The van der Waals surface area contributed by atoms with E-state index in [1.807, 2.05) is 45.0 Å². The van der Waals surface area contributed by atoms with Crippen molar-refractivity contribution in [3.05, 3.63) is 29.4 Å². The average molecular weight is 456 g/mol. The van der Waals surface area contributed by atoms with Crippen LogP contribution in [0.25, 0.3) is 11.4 Å².